The van der Waals surface area contributed by atoms with Crippen molar-refractivity contribution >= 4 is 22.7 Å². The maximum atomic E-state index is 10.8. The van der Waals surface area contributed by atoms with Crippen molar-refractivity contribution in [2.75, 3.05) is 0 Å². The Morgan fingerprint density at radius 1 is 1.25 bits per heavy atom. The molecule has 5 heteroatoms. The molecule has 2 N–H and O–H groups in total. The summed E-state index contributed by atoms with van der Waals surface area (Å²) >= 11 is 4.04. The lowest BCUT2D eigenvalue weighted by Crippen LogP contribution is -2.11. The first-order valence-corrected chi connectivity index (χ1v) is 5.44. The SMILES string of the molecule is NS(=O)(=O)c1ccc(CS)cc1. The van der Waals surface area contributed by atoms with E-state index in [1.54, 1.807) is 12.1 Å². The Bertz CT molecular complexity index is 355. The van der Waals surface area contributed by atoms with E-state index >= 15 is 0 Å². The molecule has 1 aromatic carbocycles. The van der Waals surface area contributed by atoms with E-state index in [0.29, 0.717) is 5.75 Å². The molecule has 0 saturated carbocycles. The Morgan fingerprint density at radius 2 is 1.75 bits per heavy atom. The number of hydrogen-bond acceptors (Lipinski definition) is 3. The molecular formula is C7H9NO2S2. The molecule has 12 heavy (non-hydrogen) atoms. The topological polar surface area (TPSA) is 60.2 Å². The van der Waals surface area contributed by atoms with Gasteiger partial charge in [0.2, 0.25) is 10.0 Å². The van der Waals surface area contributed by atoms with Crippen LogP contribution in [0.3, 0.4) is 0 Å². The number of thiol groups is 1. The summed E-state index contributed by atoms with van der Waals surface area (Å²) < 4.78 is 21.6. The molecule has 0 heterocycles. The number of primary sulfonamides is 1. The molecule has 0 aliphatic heterocycles. The zero-order chi connectivity index (χ0) is 9.19. The summed E-state index contributed by atoms with van der Waals surface area (Å²) in [6.07, 6.45) is 0. The van der Waals surface area contributed by atoms with E-state index in [2.05, 4.69) is 12.6 Å². The van der Waals surface area contributed by atoms with Crippen LogP contribution in [-0.4, -0.2) is 8.42 Å². The van der Waals surface area contributed by atoms with Crippen LogP contribution in [0.25, 0.3) is 0 Å². The van der Waals surface area contributed by atoms with Gasteiger partial charge in [-0.05, 0) is 17.7 Å². The first-order chi connectivity index (χ1) is 5.54. The third kappa shape index (κ3) is 2.23. The average Bonchev–Trinajstić information content (AvgIpc) is 2.03. The van der Waals surface area contributed by atoms with Crippen LogP contribution < -0.4 is 5.14 Å². The zero-order valence-corrected chi connectivity index (χ0v) is 7.98. The Morgan fingerprint density at radius 3 is 2.08 bits per heavy atom. The van der Waals surface area contributed by atoms with Gasteiger partial charge in [-0.3, -0.25) is 0 Å². The van der Waals surface area contributed by atoms with E-state index in [-0.39, 0.29) is 4.90 Å². The molecule has 0 fully saturated rings. The lowest BCUT2D eigenvalue weighted by atomic mass is 10.2. The maximum absolute atomic E-state index is 10.8. The van der Waals surface area contributed by atoms with Crippen LogP contribution in [0.1, 0.15) is 5.56 Å². The summed E-state index contributed by atoms with van der Waals surface area (Å²) in [5.41, 5.74) is 0.964. The van der Waals surface area contributed by atoms with Crippen LogP contribution in [0, 0.1) is 0 Å². The smallest absolute Gasteiger partial charge is 0.225 e. The number of benzene rings is 1. The van der Waals surface area contributed by atoms with Gasteiger partial charge in [0.1, 0.15) is 0 Å². The fraction of sp³-hybridized carbons (Fsp3) is 0.143. The van der Waals surface area contributed by atoms with Crippen molar-refractivity contribution in [3.8, 4) is 0 Å². The molecule has 66 valence electrons. The lowest BCUT2D eigenvalue weighted by Gasteiger charge is -1.98. The van der Waals surface area contributed by atoms with Crippen LogP contribution in [0.5, 0.6) is 0 Å². The van der Waals surface area contributed by atoms with E-state index in [4.69, 9.17) is 5.14 Å². The number of hydrogen-bond donors (Lipinski definition) is 2. The van der Waals surface area contributed by atoms with Crippen LogP contribution >= 0.6 is 12.6 Å². The highest BCUT2D eigenvalue weighted by atomic mass is 32.2. The third-order valence-corrected chi connectivity index (χ3v) is 2.73. The molecule has 0 bridgehead atoms. The first kappa shape index (κ1) is 9.57. The number of rotatable bonds is 2. The van der Waals surface area contributed by atoms with Crippen molar-refractivity contribution in [1.29, 1.82) is 0 Å². The van der Waals surface area contributed by atoms with Crippen LogP contribution in [0.4, 0.5) is 0 Å². The predicted molar refractivity (Wildman–Crippen MR) is 50.5 cm³/mol. The minimum absolute atomic E-state index is 0.132. The van der Waals surface area contributed by atoms with Gasteiger partial charge in [-0.2, -0.15) is 12.6 Å². The molecule has 0 amide bonds. The zero-order valence-electron chi connectivity index (χ0n) is 6.27. The van der Waals surface area contributed by atoms with Gasteiger partial charge in [-0.15, -0.1) is 0 Å². The summed E-state index contributed by atoms with van der Waals surface area (Å²) in [7, 11) is -3.55. The molecule has 3 nitrogen and oxygen atoms in total. The Labute approximate surface area is 77.1 Å². The highest BCUT2D eigenvalue weighted by Crippen LogP contribution is 2.09. The van der Waals surface area contributed by atoms with E-state index in [1.165, 1.54) is 12.1 Å². The monoisotopic (exact) mass is 203 g/mol. The van der Waals surface area contributed by atoms with Gasteiger partial charge in [0, 0.05) is 5.75 Å². The summed E-state index contributed by atoms with van der Waals surface area (Å²) in [5, 5.41) is 4.90. The summed E-state index contributed by atoms with van der Waals surface area (Å²) in [5.74, 6) is 0.588. The number of nitrogens with two attached hydrogens (primary N) is 1. The summed E-state index contributed by atoms with van der Waals surface area (Å²) in [6, 6.07) is 6.32. The van der Waals surface area contributed by atoms with Crippen molar-refractivity contribution in [3.05, 3.63) is 29.8 Å². The highest BCUT2D eigenvalue weighted by molar-refractivity contribution is 7.89. The molecular weight excluding hydrogens is 194 g/mol. The quantitative estimate of drug-likeness (QED) is 0.697. The van der Waals surface area contributed by atoms with E-state index in [1.807, 2.05) is 0 Å². The summed E-state index contributed by atoms with van der Waals surface area (Å²) in [6.45, 7) is 0. The molecule has 0 aliphatic carbocycles. The molecule has 0 unspecified atom stereocenters. The van der Waals surface area contributed by atoms with Crippen molar-refractivity contribution in [1.82, 2.24) is 0 Å². The molecule has 0 aromatic heterocycles. The average molecular weight is 203 g/mol. The van der Waals surface area contributed by atoms with Gasteiger partial charge in [-0.1, -0.05) is 12.1 Å². The standard InChI is InChI=1S/C7H9NO2S2/c8-12(9,10)7-3-1-6(5-11)2-4-7/h1-4,11H,5H2,(H2,8,9,10). The minimum Gasteiger partial charge on any atom is -0.225 e. The van der Waals surface area contributed by atoms with Crippen molar-refractivity contribution in [2.24, 2.45) is 5.14 Å². The van der Waals surface area contributed by atoms with Crippen molar-refractivity contribution < 1.29 is 8.42 Å². The highest BCUT2D eigenvalue weighted by Gasteiger charge is 2.05. The van der Waals surface area contributed by atoms with Crippen LogP contribution in [0.2, 0.25) is 0 Å². The number of sulfonamides is 1. The second-order valence-electron chi connectivity index (χ2n) is 2.35. The van der Waals surface area contributed by atoms with Crippen molar-refractivity contribution in [3.63, 3.8) is 0 Å². The van der Waals surface area contributed by atoms with Gasteiger partial charge in [0.25, 0.3) is 0 Å². The molecule has 0 saturated heterocycles. The largest absolute Gasteiger partial charge is 0.238 e. The van der Waals surface area contributed by atoms with Gasteiger partial charge < -0.3 is 0 Å². The van der Waals surface area contributed by atoms with E-state index < -0.39 is 10.0 Å². The fourth-order valence-electron chi connectivity index (χ4n) is 0.785. The second-order valence-corrected chi connectivity index (χ2v) is 4.22. The van der Waals surface area contributed by atoms with Gasteiger partial charge in [-0.25, -0.2) is 13.6 Å². The molecule has 0 aliphatic rings. The predicted octanol–water partition coefficient (Wildman–Crippen LogP) is 0.764. The summed E-state index contributed by atoms with van der Waals surface area (Å²) in [4.78, 5) is 0.132. The molecule has 0 atom stereocenters. The van der Waals surface area contributed by atoms with Gasteiger partial charge >= 0.3 is 0 Å². The second kappa shape index (κ2) is 3.47. The lowest BCUT2D eigenvalue weighted by molar-refractivity contribution is 0.598. The Balaban J connectivity index is 3.09. The minimum atomic E-state index is -3.55. The van der Waals surface area contributed by atoms with Gasteiger partial charge in [0.15, 0.2) is 0 Å². The Kier molecular flexibility index (Phi) is 2.76. The van der Waals surface area contributed by atoms with Crippen molar-refractivity contribution in [2.45, 2.75) is 10.6 Å². The van der Waals surface area contributed by atoms with Crippen LogP contribution in [-0.2, 0) is 15.8 Å². The fourth-order valence-corrected chi connectivity index (χ4v) is 1.51. The third-order valence-electron chi connectivity index (χ3n) is 1.43. The van der Waals surface area contributed by atoms with E-state index in [9.17, 15) is 8.42 Å². The maximum Gasteiger partial charge on any atom is 0.238 e. The first-order valence-electron chi connectivity index (χ1n) is 3.26. The Hall–Kier alpha value is -0.520. The van der Waals surface area contributed by atoms with Gasteiger partial charge in [0.05, 0.1) is 4.90 Å². The molecule has 1 aromatic rings. The normalized spacial score (nSPS) is 11.5. The molecule has 0 radical (unpaired) electrons. The molecule has 1 rings (SSSR count). The van der Waals surface area contributed by atoms with E-state index in [0.717, 1.165) is 5.56 Å². The van der Waals surface area contributed by atoms with Crippen LogP contribution in [0.15, 0.2) is 29.2 Å². The molecule has 0 spiro atoms.